The molecule has 0 aliphatic heterocycles. The van der Waals surface area contributed by atoms with Gasteiger partial charge < -0.3 is 10.5 Å². The highest BCUT2D eigenvalue weighted by molar-refractivity contribution is 9.10. The molecule has 0 saturated heterocycles. The van der Waals surface area contributed by atoms with E-state index in [0.717, 1.165) is 21.6 Å². The van der Waals surface area contributed by atoms with Gasteiger partial charge in [0.25, 0.3) is 0 Å². The number of hydrogen-bond acceptors (Lipinski definition) is 4. The van der Waals surface area contributed by atoms with Gasteiger partial charge in [-0.25, -0.2) is 4.98 Å². The molecule has 90 valence electrons. The average molecular weight is 297 g/mol. The molecule has 0 atom stereocenters. The second-order valence-electron chi connectivity index (χ2n) is 3.56. The molecule has 0 radical (unpaired) electrons. The van der Waals surface area contributed by atoms with Crippen molar-refractivity contribution in [1.82, 2.24) is 14.8 Å². The molecule has 0 unspecified atom stereocenters. The van der Waals surface area contributed by atoms with Gasteiger partial charge >= 0.3 is 0 Å². The second kappa shape index (κ2) is 5.29. The molecule has 1 aromatic carbocycles. The highest BCUT2D eigenvalue weighted by atomic mass is 79.9. The first kappa shape index (κ1) is 12.1. The maximum Gasteiger partial charge on any atom is 0.164 e. The van der Waals surface area contributed by atoms with Gasteiger partial charge in [0.15, 0.2) is 5.82 Å². The summed E-state index contributed by atoms with van der Waals surface area (Å²) < 4.78 is 8.22. The van der Waals surface area contributed by atoms with E-state index in [1.54, 1.807) is 4.68 Å². The molecule has 2 rings (SSSR count). The highest BCUT2D eigenvalue weighted by Gasteiger charge is 2.05. The zero-order valence-corrected chi connectivity index (χ0v) is 11.0. The fraction of sp³-hybridized carbons (Fsp3) is 0.273. The van der Waals surface area contributed by atoms with Crippen LogP contribution < -0.4 is 10.5 Å². The van der Waals surface area contributed by atoms with Crippen LogP contribution in [0.2, 0.25) is 0 Å². The minimum Gasteiger partial charge on any atom is -0.484 e. The summed E-state index contributed by atoms with van der Waals surface area (Å²) in [7, 11) is 1.83. The minimum atomic E-state index is 0.386. The normalized spacial score (nSPS) is 10.5. The van der Waals surface area contributed by atoms with Gasteiger partial charge in [-0.15, -0.1) is 0 Å². The number of nitrogens with zero attached hydrogens (tertiary/aromatic N) is 3. The van der Waals surface area contributed by atoms with E-state index >= 15 is 0 Å². The molecule has 17 heavy (non-hydrogen) atoms. The van der Waals surface area contributed by atoms with Crippen molar-refractivity contribution in [2.75, 3.05) is 0 Å². The van der Waals surface area contributed by atoms with Crippen molar-refractivity contribution in [3.8, 4) is 5.75 Å². The Kier molecular flexibility index (Phi) is 3.75. The lowest BCUT2D eigenvalue weighted by molar-refractivity contribution is 0.288. The summed E-state index contributed by atoms with van der Waals surface area (Å²) >= 11 is 3.45. The summed E-state index contributed by atoms with van der Waals surface area (Å²) in [5.74, 6) is 1.55. The molecule has 2 aromatic rings. The molecule has 0 spiro atoms. The van der Waals surface area contributed by atoms with E-state index in [-0.39, 0.29) is 0 Å². The summed E-state index contributed by atoms with van der Waals surface area (Å²) in [5.41, 5.74) is 6.61. The fourth-order valence-electron chi connectivity index (χ4n) is 1.38. The van der Waals surface area contributed by atoms with Gasteiger partial charge in [0.05, 0.1) is 4.47 Å². The second-order valence-corrected chi connectivity index (χ2v) is 4.41. The highest BCUT2D eigenvalue weighted by Crippen LogP contribution is 2.26. The first-order valence-electron chi connectivity index (χ1n) is 5.15. The van der Waals surface area contributed by atoms with E-state index in [0.29, 0.717) is 13.2 Å². The zero-order valence-electron chi connectivity index (χ0n) is 9.43. The average Bonchev–Trinajstić information content (AvgIpc) is 2.73. The molecule has 6 heteroatoms. The number of ether oxygens (including phenoxy) is 1. The minimum absolute atomic E-state index is 0.386. The molecular formula is C11H13BrN4O. The lowest BCUT2D eigenvalue weighted by Crippen LogP contribution is -2.05. The predicted octanol–water partition coefficient (Wildman–Crippen LogP) is 1.62. The van der Waals surface area contributed by atoms with Crippen molar-refractivity contribution < 1.29 is 4.74 Å². The van der Waals surface area contributed by atoms with Crippen LogP contribution in [0.15, 0.2) is 29.0 Å². The number of rotatable bonds is 4. The van der Waals surface area contributed by atoms with Crippen LogP contribution in [-0.4, -0.2) is 14.8 Å². The van der Waals surface area contributed by atoms with E-state index in [1.807, 2.05) is 25.2 Å². The standard InChI is InChI=1S/C11H13BrN4O/c1-16-11(14-7-15-16)6-17-10-3-2-8(5-13)4-9(10)12/h2-4,7H,5-6,13H2,1H3. The Morgan fingerprint density at radius 3 is 2.88 bits per heavy atom. The third-order valence-corrected chi connectivity index (χ3v) is 3.01. The van der Waals surface area contributed by atoms with Crippen LogP contribution in [0.3, 0.4) is 0 Å². The number of nitrogens with two attached hydrogens (primary N) is 1. The number of benzene rings is 1. The first-order chi connectivity index (χ1) is 8.20. The van der Waals surface area contributed by atoms with Gasteiger partial charge in [0, 0.05) is 13.6 Å². The van der Waals surface area contributed by atoms with Crippen LogP contribution in [-0.2, 0) is 20.2 Å². The number of hydrogen-bond donors (Lipinski definition) is 1. The molecule has 0 amide bonds. The summed E-state index contributed by atoms with van der Waals surface area (Å²) in [4.78, 5) is 4.09. The quantitative estimate of drug-likeness (QED) is 0.931. The van der Waals surface area contributed by atoms with Crippen LogP contribution in [0.1, 0.15) is 11.4 Å². The third kappa shape index (κ3) is 2.83. The van der Waals surface area contributed by atoms with E-state index in [2.05, 4.69) is 26.0 Å². The Labute approximate surface area is 108 Å². The van der Waals surface area contributed by atoms with Gasteiger partial charge in [-0.1, -0.05) is 6.07 Å². The van der Waals surface area contributed by atoms with Crippen LogP contribution in [0.5, 0.6) is 5.75 Å². The molecule has 0 fully saturated rings. The Bertz CT molecular complexity index is 512. The predicted molar refractivity (Wildman–Crippen MR) is 67.4 cm³/mol. The molecule has 0 aliphatic rings. The van der Waals surface area contributed by atoms with Crippen molar-refractivity contribution >= 4 is 15.9 Å². The summed E-state index contributed by atoms with van der Waals surface area (Å²) in [6.07, 6.45) is 1.51. The van der Waals surface area contributed by atoms with Gasteiger partial charge in [0.1, 0.15) is 18.7 Å². The topological polar surface area (TPSA) is 66.0 Å². The SMILES string of the molecule is Cn1ncnc1COc1ccc(CN)cc1Br. The van der Waals surface area contributed by atoms with Crippen molar-refractivity contribution in [2.45, 2.75) is 13.2 Å². The Morgan fingerprint density at radius 2 is 2.29 bits per heavy atom. The fourth-order valence-corrected chi connectivity index (χ4v) is 1.92. The monoisotopic (exact) mass is 296 g/mol. The maximum absolute atomic E-state index is 5.65. The first-order valence-corrected chi connectivity index (χ1v) is 5.94. The van der Waals surface area contributed by atoms with Crippen molar-refractivity contribution in [3.63, 3.8) is 0 Å². The van der Waals surface area contributed by atoms with Crippen LogP contribution in [0, 0.1) is 0 Å². The zero-order chi connectivity index (χ0) is 12.3. The molecular weight excluding hydrogens is 284 g/mol. The molecule has 5 nitrogen and oxygen atoms in total. The van der Waals surface area contributed by atoms with Gasteiger partial charge in [-0.3, -0.25) is 4.68 Å². The van der Waals surface area contributed by atoms with Crippen molar-refractivity contribution in [3.05, 3.63) is 40.4 Å². The number of aromatic nitrogens is 3. The maximum atomic E-state index is 5.65. The van der Waals surface area contributed by atoms with E-state index in [9.17, 15) is 0 Å². The molecule has 2 N–H and O–H groups in total. The summed E-state index contributed by atoms with van der Waals surface area (Å²) in [6.45, 7) is 0.902. The molecule has 0 saturated carbocycles. The largest absolute Gasteiger partial charge is 0.484 e. The summed E-state index contributed by atoms with van der Waals surface area (Å²) in [5, 5.41) is 3.98. The molecule has 0 aliphatic carbocycles. The molecule has 1 aromatic heterocycles. The van der Waals surface area contributed by atoms with E-state index < -0.39 is 0 Å². The van der Waals surface area contributed by atoms with Gasteiger partial charge in [-0.05, 0) is 33.6 Å². The van der Waals surface area contributed by atoms with E-state index in [4.69, 9.17) is 10.5 Å². The lowest BCUT2D eigenvalue weighted by Gasteiger charge is -2.08. The van der Waals surface area contributed by atoms with E-state index in [1.165, 1.54) is 6.33 Å². The molecule has 1 heterocycles. The number of halogens is 1. The third-order valence-electron chi connectivity index (χ3n) is 2.39. The smallest absolute Gasteiger partial charge is 0.164 e. The van der Waals surface area contributed by atoms with Crippen LogP contribution in [0.4, 0.5) is 0 Å². The van der Waals surface area contributed by atoms with Crippen LogP contribution in [0.25, 0.3) is 0 Å². The summed E-state index contributed by atoms with van der Waals surface area (Å²) in [6, 6.07) is 5.78. The number of aryl methyl sites for hydroxylation is 1. The Hall–Kier alpha value is -1.40. The van der Waals surface area contributed by atoms with Crippen LogP contribution >= 0.6 is 15.9 Å². The van der Waals surface area contributed by atoms with Gasteiger partial charge in [-0.2, -0.15) is 5.10 Å². The Balaban J connectivity index is 2.07. The lowest BCUT2D eigenvalue weighted by atomic mass is 10.2. The van der Waals surface area contributed by atoms with Gasteiger partial charge in [0.2, 0.25) is 0 Å². The molecule has 0 bridgehead atoms. The van der Waals surface area contributed by atoms with Crippen molar-refractivity contribution in [2.24, 2.45) is 12.8 Å². The van der Waals surface area contributed by atoms with Crippen molar-refractivity contribution in [1.29, 1.82) is 0 Å². The Morgan fingerprint density at radius 1 is 1.47 bits per heavy atom.